The summed E-state index contributed by atoms with van der Waals surface area (Å²) in [6.07, 6.45) is 0. The summed E-state index contributed by atoms with van der Waals surface area (Å²) >= 11 is 1.40. The molecule has 1 nitrogen and oxygen atoms in total. The molecule has 0 atom stereocenters. The van der Waals surface area contributed by atoms with Gasteiger partial charge in [-0.05, 0) is 0 Å². The van der Waals surface area contributed by atoms with Gasteiger partial charge >= 0.3 is 54.6 Å². The quantitative estimate of drug-likeness (QED) is 0.566. The first-order chi connectivity index (χ1) is 2.56. The molecule has 2 heteroatoms. The van der Waals surface area contributed by atoms with Crippen LogP contribution in [0.4, 0.5) is 0 Å². The maximum absolute atomic E-state index is 3.19. The van der Waals surface area contributed by atoms with E-state index in [-0.39, 0.29) is 2.85 Å². The number of hydrogen-bond donors (Lipinski definition) is 1. The second-order valence-corrected chi connectivity index (χ2v) is 2.99. The summed E-state index contributed by atoms with van der Waals surface area (Å²) in [4.78, 5) is 0. The van der Waals surface area contributed by atoms with E-state index in [9.17, 15) is 0 Å². The van der Waals surface area contributed by atoms with Crippen molar-refractivity contribution < 1.29 is 27.9 Å². The van der Waals surface area contributed by atoms with E-state index in [2.05, 4.69) is 24.0 Å². The Balaban J connectivity index is -0.000000125. The SMILES string of the molecule is CC(C)(C)[NH][Zr].[H-].[H-]. The van der Waals surface area contributed by atoms with Gasteiger partial charge in [0, 0.05) is 0 Å². The van der Waals surface area contributed by atoms with E-state index < -0.39 is 0 Å². The first kappa shape index (κ1) is 6.84. The fourth-order valence-electron chi connectivity index (χ4n) is 0. The van der Waals surface area contributed by atoms with Gasteiger partial charge in [-0.25, -0.2) is 0 Å². The third-order valence-corrected chi connectivity index (χ3v) is 2.22. The van der Waals surface area contributed by atoms with Gasteiger partial charge in [0.1, 0.15) is 0 Å². The Morgan fingerprint density at radius 3 is 1.67 bits per heavy atom. The second-order valence-electron chi connectivity index (χ2n) is 2.38. The molecular formula is C4H12NZr-2. The maximum atomic E-state index is 3.19. The predicted molar refractivity (Wildman–Crippen MR) is 25.1 cm³/mol. The Bertz CT molecular complexity index is 43.8. The van der Waals surface area contributed by atoms with Crippen LogP contribution in [0.25, 0.3) is 0 Å². The molecule has 0 aliphatic heterocycles. The van der Waals surface area contributed by atoms with Crippen LogP contribution in [-0.2, 0) is 25.0 Å². The standard InChI is InChI=1S/C4H10N.Zr.2H/c1-4(2,3)5;;;/h5H,1-3H3;;;/q-1;+1;2*-1. The molecule has 0 bridgehead atoms. The van der Waals surface area contributed by atoms with Gasteiger partial charge in [0.25, 0.3) is 0 Å². The average Bonchev–Trinajstić information content (AvgIpc) is 1.35. The number of rotatable bonds is 0. The first-order valence-corrected chi connectivity index (χ1v) is 3.23. The number of nitrogens with one attached hydrogen (secondary N) is 1. The fraction of sp³-hybridized carbons (Fsp3) is 1.00. The van der Waals surface area contributed by atoms with E-state index in [0.29, 0.717) is 5.54 Å². The first-order valence-electron chi connectivity index (χ1n) is 2.00. The Hall–Kier alpha value is 0.843. The van der Waals surface area contributed by atoms with Gasteiger partial charge < -0.3 is 2.85 Å². The van der Waals surface area contributed by atoms with Crippen molar-refractivity contribution >= 4 is 0 Å². The molecule has 1 N–H and O–H groups in total. The van der Waals surface area contributed by atoms with Crippen molar-refractivity contribution in [1.82, 2.24) is 3.26 Å². The molecule has 0 rings (SSSR count). The summed E-state index contributed by atoms with van der Waals surface area (Å²) in [5, 5.41) is 0. The second kappa shape index (κ2) is 2.23. The third-order valence-electron chi connectivity index (χ3n) is 0.375. The Kier molecular flexibility index (Phi) is 2.54. The molecule has 6 heavy (non-hydrogen) atoms. The van der Waals surface area contributed by atoms with Gasteiger partial charge in [0.2, 0.25) is 0 Å². The summed E-state index contributed by atoms with van der Waals surface area (Å²) in [7, 11) is 0. The van der Waals surface area contributed by atoms with Crippen LogP contribution < -0.4 is 3.26 Å². The largest absolute Gasteiger partial charge is 1.00 e. The molecule has 39 valence electrons. The molecule has 0 aliphatic carbocycles. The van der Waals surface area contributed by atoms with Gasteiger partial charge in [-0.2, -0.15) is 0 Å². The monoisotopic (exact) mass is 164 g/mol. The summed E-state index contributed by atoms with van der Waals surface area (Å²) in [6.45, 7) is 6.46. The van der Waals surface area contributed by atoms with Crippen molar-refractivity contribution in [1.29, 1.82) is 0 Å². The molecular weight excluding hydrogens is 153 g/mol. The topological polar surface area (TPSA) is 12.0 Å². The zero-order chi connectivity index (χ0) is 5.21. The average molecular weight is 165 g/mol. The van der Waals surface area contributed by atoms with E-state index in [0.717, 1.165) is 0 Å². The minimum absolute atomic E-state index is 0. The molecule has 0 heterocycles. The minimum atomic E-state index is 0. The van der Waals surface area contributed by atoms with Crippen molar-refractivity contribution in [2.24, 2.45) is 0 Å². The molecule has 0 aromatic carbocycles. The van der Waals surface area contributed by atoms with Crippen LogP contribution in [-0.4, -0.2) is 5.54 Å². The van der Waals surface area contributed by atoms with E-state index in [1.807, 2.05) is 0 Å². The summed E-state index contributed by atoms with van der Waals surface area (Å²) < 4.78 is 3.19. The summed E-state index contributed by atoms with van der Waals surface area (Å²) in [5.74, 6) is 0. The van der Waals surface area contributed by atoms with Crippen LogP contribution in [0, 0.1) is 0 Å². The van der Waals surface area contributed by atoms with E-state index in [1.54, 1.807) is 0 Å². The van der Waals surface area contributed by atoms with Gasteiger partial charge in [0.15, 0.2) is 0 Å². The van der Waals surface area contributed by atoms with Crippen molar-refractivity contribution in [3.8, 4) is 0 Å². The van der Waals surface area contributed by atoms with Crippen molar-refractivity contribution in [3.63, 3.8) is 0 Å². The normalized spacial score (nSPS) is 11.7. The molecule has 0 fully saturated rings. The fourth-order valence-corrected chi connectivity index (χ4v) is 0. The predicted octanol–water partition coefficient (Wildman–Crippen LogP) is 1.06. The molecule has 0 spiro atoms. The Morgan fingerprint density at radius 2 is 1.67 bits per heavy atom. The van der Waals surface area contributed by atoms with Crippen molar-refractivity contribution in [2.75, 3.05) is 0 Å². The maximum Gasteiger partial charge on any atom is -1.00 e. The van der Waals surface area contributed by atoms with Gasteiger partial charge in [0.05, 0.1) is 0 Å². The van der Waals surface area contributed by atoms with Crippen LogP contribution in [0.2, 0.25) is 0 Å². The molecule has 0 aliphatic rings. The van der Waals surface area contributed by atoms with Gasteiger partial charge in [-0.3, -0.25) is 0 Å². The third kappa shape index (κ3) is 4.84. The molecule has 0 saturated heterocycles. The van der Waals surface area contributed by atoms with E-state index in [4.69, 9.17) is 0 Å². The zero-order valence-corrected chi connectivity index (χ0v) is 6.96. The summed E-state index contributed by atoms with van der Waals surface area (Å²) in [5.41, 5.74) is 0.332. The van der Waals surface area contributed by atoms with E-state index >= 15 is 0 Å². The zero-order valence-electron chi connectivity index (χ0n) is 6.50. The minimum Gasteiger partial charge on any atom is -1.00 e. The molecule has 0 saturated carbocycles. The molecule has 0 amide bonds. The Morgan fingerprint density at radius 1 is 1.50 bits per heavy atom. The molecule has 0 aromatic heterocycles. The molecule has 0 aromatic rings. The smallest absolute Gasteiger partial charge is 1.00 e. The van der Waals surface area contributed by atoms with Crippen molar-refractivity contribution in [2.45, 2.75) is 26.3 Å². The summed E-state index contributed by atoms with van der Waals surface area (Å²) in [6, 6.07) is 0. The van der Waals surface area contributed by atoms with Crippen LogP contribution in [0.1, 0.15) is 23.6 Å². The molecule has 0 unspecified atom stereocenters. The van der Waals surface area contributed by atoms with Gasteiger partial charge in [-0.15, -0.1) is 0 Å². The van der Waals surface area contributed by atoms with Crippen LogP contribution in [0.15, 0.2) is 0 Å². The van der Waals surface area contributed by atoms with E-state index in [1.165, 1.54) is 25.0 Å². The van der Waals surface area contributed by atoms with Crippen LogP contribution >= 0.6 is 0 Å². The van der Waals surface area contributed by atoms with Crippen LogP contribution in [0.3, 0.4) is 0 Å². The Labute approximate surface area is 57.7 Å². The molecule has 0 radical (unpaired) electrons. The van der Waals surface area contributed by atoms with Crippen LogP contribution in [0.5, 0.6) is 0 Å². The number of hydrogen-bond acceptors (Lipinski definition) is 1. The van der Waals surface area contributed by atoms with Crippen molar-refractivity contribution in [3.05, 3.63) is 0 Å². The van der Waals surface area contributed by atoms with Gasteiger partial charge in [-0.1, -0.05) is 0 Å².